The molecule has 0 aliphatic carbocycles. The van der Waals surface area contributed by atoms with Crippen molar-refractivity contribution in [3.05, 3.63) is 35.4 Å². The zero-order valence-corrected chi connectivity index (χ0v) is 10.7. The van der Waals surface area contributed by atoms with Crippen LogP contribution in [0.25, 0.3) is 0 Å². The fourth-order valence-corrected chi connectivity index (χ4v) is 1.70. The third kappa shape index (κ3) is 3.46. The van der Waals surface area contributed by atoms with Crippen LogP contribution in [0.5, 0.6) is 0 Å². The molecule has 1 aromatic carbocycles. The van der Waals surface area contributed by atoms with Crippen molar-refractivity contribution in [3.63, 3.8) is 0 Å². The van der Waals surface area contributed by atoms with Gasteiger partial charge in [0.25, 0.3) is 5.91 Å². The van der Waals surface area contributed by atoms with E-state index in [9.17, 15) is 13.6 Å². The number of nitrogens with two attached hydrogens (primary N) is 1. The standard InChI is InChI=1S/C12H14F2N2OS/c1-2-4-9(11(15)18)16-12(17)10-7(13)5-3-6-8(10)14/h3,5-6,9H,2,4H2,1H3,(H2,15,18)(H,16,17). The van der Waals surface area contributed by atoms with Gasteiger partial charge in [-0.05, 0) is 18.6 Å². The molecular weight excluding hydrogens is 258 g/mol. The van der Waals surface area contributed by atoms with Gasteiger partial charge >= 0.3 is 0 Å². The predicted octanol–water partition coefficient (Wildman–Crippen LogP) is 2.15. The number of carbonyl (C=O) groups is 1. The summed E-state index contributed by atoms with van der Waals surface area (Å²) in [5.74, 6) is -2.67. The molecule has 1 aromatic rings. The molecule has 0 saturated heterocycles. The Bertz CT molecular complexity index is 445. The van der Waals surface area contributed by atoms with Crippen molar-refractivity contribution >= 4 is 23.1 Å². The van der Waals surface area contributed by atoms with Gasteiger partial charge in [0.05, 0.1) is 11.0 Å². The molecule has 0 bridgehead atoms. The van der Waals surface area contributed by atoms with Crippen molar-refractivity contribution in [2.24, 2.45) is 5.73 Å². The van der Waals surface area contributed by atoms with E-state index in [1.807, 2.05) is 6.92 Å². The summed E-state index contributed by atoms with van der Waals surface area (Å²) in [4.78, 5) is 11.9. The summed E-state index contributed by atoms with van der Waals surface area (Å²) in [5.41, 5.74) is 4.84. The Balaban J connectivity index is 2.90. The van der Waals surface area contributed by atoms with Gasteiger partial charge in [-0.25, -0.2) is 8.78 Å². The van der Waals surface area contributed by atoms with E-state index in [-0.39, 0.29) is 4.99 Å². The average molecular weight is 272 g/mol. The highest BCUT2D eigenvalue weighted by molar-refractivity contribution is 7.80. The van der Waals surface area contributed by atoms with Gasteiger partial charge in [-0.3, -0.25) is 4.79 Å². The van der Waals surface area contributed by atoms with Crippen LogP contribution in [0.15, 0.2) is 18.2 Å². The Labute approximate surface area is 109 Å². The van der Waals surface area contributed by atoms with E-state index in [1.54, 1.807) is 0 Å². The SMILES string of the molecule is CCCC(NC(=O)c1c(F)cccc1F)C(N)=S. The number of hydrogen-bond acceptors (Lipinski definition) is 2. The Morgan fingerprint density at radius 1 is 1.44 bits per heavy atom. The molecule has 1 amide bonds. The number of benzene rings is 1. The number of amides is 1. The van der Waals surface area contributed by atoms with Crippen molar-refractivity contribution < 1.29 is 13.6 Å². The lowest BCUT2D eigenvalue weighted by Crippen LogP contribution is -2.43. The van der Waals surface area contributed by atoms with E-state index < -0.39 is 29.1 Å². The lowest BCUT2D eigenvalue weighted by molar-refractivity contribution is 0.0937. The average Bonchev–Trinajstić information content (AvgIpc) is 2.28. The molecule has 0 aromatic heterocycles. The molecule has 0 heterocycles. The van der Waals surface area contributed by atoms with Gasteiger partial charge in [-0.1, -0.05) is 31.6 Å². The Morgan fingerprint density at radius 3 is 2.44 bits per heavy atom. The minimum atomic E-state index is -0.911. The molecule has 1 rings (SSSR count). The fourth-order valence-electron chi connectivity index (χ4n) is 1.52. The van der Waals surface area contributed by atoms with Gasteiger partial charge in [-0.2, -0.15) is 0 Å². The first-order valence-electron chi connectivity index (χ1n) is 5.51. The molecule has 3 N–H and O–H groups in total. The molecule has 3 nitrogen and oxygen atoms in total. The second-order valence-corrected chi connectivity index (χ2v) is 4.29. The first-order chi connectivity index (χ1) is 8.47. The fraction of sp³-hybridized carbons (Fsp3) is 0.333. The van der Waals surface area contributed by atoms with E-state index in [4.69, 9.17) is 18.0 Å². The third-order valence-corrected chi connectivity index (χ3v) is 2.70. The number of halogens is 2. The summed E-state index contributed by atoms with van der Waals surface area (Å²) in [6, 6.07) is 2.68. The van der Waals surface area contributed by atoms with E-state index in [0.29, 0.717) is 6.42 Å². The summed E-state index contributed by atoms with van der Waals surface area (Å²) in [6.45, 7) is 1.89. The van der Waals surface area contributed by atoms with Gasteiger partial charge in [0, 0.05) is 0 Å². The molecule has 0 radical (unpaired) electrons. The molecule has 0 spiro atoms. The van der Waals surface area contributed by atoms with E-state index >= 15 is 0 Å². The van der Waals surface area contributed by atoms with Crippen LogP contribution in [0, 0.1) is 11.6 Å². The van der Waals surface area contributed by atoms with Crippen LogP contribution in [0.3, 0.4) is 0 Å². The van der Waals surface area contributed by atoms with Gasteiger partial charge in [-0.15, -0.1) is 0 Å². The predicted molar refractivity (Wildman–Crippen MR) is 69.3 cm³/mol. The summed E-state index contributed by atoms with van der Waals surface area (Å²) < 4.78 is 26.7. The number of rotatable bonds is 5. The van der Waals surface area contributed by atoms with Crippen molar-refractivity contribution in [2.75, 3.05) is 0 Å². The molecule has 1 unspecified atom stereocenters. The first kappa shape index (κ1) is 14.5. The van der Waals surface area contributed by atoms with Crippen LogP contribution in [-0.2, 0) is 0 Å². The van der Waals surface area contributed by atoms with Crippen molar-refractivity contribution in [1.82, 2.24) is 5.32 Å². The van der Waals surface area contributed by atoms with E-state index in [1.165, 1.54) is 6.07 Å². The van der Waals surface area contributed by atoms with Crippen LogP contribution < -0.4 is 11.1 Å². The normalized spacial score (nSPS) is 11.9. The molecule has 1 atom stereocenters. The number of nitrogens with one attached hydrogen (secondary N) is 1. The zero-order valence-electron chi connectivity index (χ0n) is 9.87. The zero-order chi connectivity index (χ0) is 13.7. The molecule has 0 saturated carbocycles. The van der Waals surface area contributed by atoms with Crippen molar-refractivity contribution in [2.45, 2.75) is 25.8 Å². The Hall–Kier alpha value is -1.56. The van der Waals surface area contributed by atoms with Crippen LogP contribution in [0.2, 0.25) is 0 Å². The van der Waals surface area contributed by atoms with Gasteiger partial charge in [0.15, 0.2) is 0 Å². The highest BCUT2D eigenvalue weighted by Crippen LogP contribution is 2.12. The molecule has 0 aliphatic rings. The minimum absolute atomic E-state index is 0.0990. The summed E-state index contributed by atoms with van der Waals surface area (Å²) >= 11 is 4.79. The van der Waals surface area contributed by atoms with Gasteiger partial charge in [0.2, 0.25) is 0 Å². The topological polar surface area (TPSA) is 55.1 Å². The maximum Gasteiger partial charge on any atom is 0.257 e. The van der Waals surface area contributed by atoms with Gasteiger partial charge < -0.3 is 11.1 Å². The number of thiocarbonyl (C=S) groups is 1. The third-order valence-electron chi connectivity index (χ3n) is 2.42. The maximum absolute atomic E-state index is 13.4. The second kappa shape index (κ2) is 6.39. The van der Waals surface area contributed by atoms with Crippen LogP contribution in [0.1, 0.15) is 30.1 Å². The van der Waals surface area contributed by atoms with E-state index in [2.05, 4.69) is 5.32 Å². The molecule has 6 heteroatoms. The highest BCUT2D eigenvalue weighted by atomic mass is 32.1. The minimum Gasteiger partial charge on any atom is -0.392 e. The second-order valence-electron chi connectivity index (χ2n) is 3.81. The Kier molecular flexibility index (Phi) is 5.15. The van der Waals surface area contributed by atoms with Crippen molar-refractivity contribution in [3.8, 4) is 0 Å². The Morgan fingerprint density at radius 2 is 2.00 bits per heavy atom. The van der Waals surface area contributed by atoms with Crippen LogP contribution in [0.4, 0.5) is 8.78 Å². The van der Waals surface area contributed by atoms with E-state index in [0.717, 1.165) is 18.6 Å². The smallest absolute Gasteiger partial charge is 0.257 e. The lowest BCUT2D eigenvalue weighted by atomic mass is 10.1. The largest absolute Gasteiger partial charge is 0.392 e. The quantitative estimate of drug-likeness (QED) is 0.808. The monoisotopic (exact) mass is 272 g/mol. The molecule has 0 fully saturated rings. The van der Waals surface area contributed by atoms with Crippen LogP contribution >= 0.6 is 12.2 Å². The van der Waals surface area contributed by atoms with Gasteiger partial charge in [0.1, 0.15) is 17.2 Å². The number of carbonyl (C=O) groups excluding carboxylic acids is 1. The molecule has 0 aliphatic heterocycles. The van der Waals surface area contributed by atoms with Crippen molar-refractivity contribution in [1.29, 1.82) is 0 Å². The lowest BCUT2D eigenvalue weighted by Gasteiger charge is -2.17. The molecule has 98 valence electrons. The highest BCUT2D eigenvalue weighted by Gasteiger charge is 2.21. The summed E-state index contributed by atoms with van der Waals surface area (Å²) in [6.07, 6.45) is 1.26. The summed E-state index contributed by atoms with van der Waals surface area (Å²) in [7, 11) is 0. The summed E-state index contributed by atoms with van der Waals surface area (Å²) in [5, 5.41) is 2.43. The maximum atomic E-state index is 13.4. The number of hydrogen-bond donors (Lipinski definition) is 2. The first-order valence-corrected chi connectivity index (χ1v) is 5.92. The molecule has 18 heavy (non-hydrogen) atoms. The molecular formula is C12H14F2N2OS. The van der Waals surface area contributed by atoms with Crippen LogP contribution in [-0.4, -0.2) is 16.9 Å².